The van der Waals surface area contributed by atoms with Crippen molar-refractivity contribution in [1.82, 2.24) is 19.6 Å². The molecule has 0 aliphatic carbocycles. The highest BCUT2D eigenvalue weighted by atomic mass is 35.5. The molecule has 0 saturated carbocycles. The summed E-state index contributed by atoms with van der Waals surface area (Å²) in [4.78, 5) is 23.0. The largest absolute Gasteiger partial charge is 0.307 e. The Kier molecular flexibility index (Phi) is 6.19. The molecular formula is C18H18Cl2N6O3. The van der Waals surface area contributed by atoms with Gasteiger partial charge in [0.05, 0.1) is 11.5 Å². The zero-order valence-corrected chi connectivity index (χ0v) is 17.2. The minimum Gasteiger partial charge on any atom is -0.307 e. The summed E-state index contributed by atoms with van der Waals surface area (Å²) in [7, 11) is 0. The van der Waals surface area contributed by atoms with Crippen LogP contribution in [0.25, 0.3) is 0 Å². The Balaban J connectivity index is 1.77. The number of benzene rings is 1. The van der Waals surface area contributed by atoms with Crippen molar-refractivity contribution in [2.45, 2.75) is 32.9 Å². The molecule has 1 N–H and O–H groups in total. The first-order valence-electron chi connectivity index (χ1n) is 8.77. The fraction of sp³-hybridized carbons (Fsp3) is 0.278. The summed E-state index contributed by atoms with van der Waals surface area (Å²) in [5.41, 5.74) is 1.36. The van der Waals surface area contributed by atoms with Crippen molar-refractivity contribution in [3.8, 4) is 0 Å². The molecule has 1 amide bonds. The van der Waals surface area contributed by atoms with Crippen molar-refractivity contribution in [2.24, 2.45) is 0 Å². The lowest BCUT2D eigenvalue weighted by Gasteiger charge is -2.14. The molecule has 11 heteroatoms. The van der Waals surface area contributed by atoms with Crippen LogP contribution in [0.5, 0.6) is 0 Å². The number of carbonyl (C=O) groups excluding carboxylic acids is 1. The van der Waals surface area contributed by atoms with E-state index in [-0.39, 0.29) is 11.6 Å². The molecule has 0 spiro atoms. The minimum absolute atomic E-state index is 0.173. The smallest absolute Gasteiger partial charge is 0.307 e. The number of nitrogens with zero attached hydrogens (tertiary/aromatic N) is 5. The maximum absolute atomic E-state index is 12.7. The van der Waals surface area contributed by atoms with E-state index in [1.165, 1.54) is 10.9 Å². The van der Waals surface area contributed by atoms with Crippen LogP contribution in [0, 0.1) is 17.0 Å². The highest BCUT2D eigenvalue weighted by Gasteiger charge is 2.23. The molecule has 2 aromatic heterocycles. The molecule has 152 valence electrons. The lowest BCUT2D eigenvalue weighted by atomic mass is 10.2. The second-order valence-corrected chi connectivity index (χ2v) is 7.19. The number of carbonyl (C=O) groups is 1. The van der Waals surface area contributed by atoms with Crippen molar-refractivity contribution in [2.75, 3.05) is 5.32 Å². The van der Waals surface area contributed by atoms with E-state index in [2.05, 4.69) is 15.5 Å². The summed E-state index contributed by atoms with van der Waals surface area (Å²) in [6, 6.07) is 6.28. The molecule has 0 saturated heterocycles. The van der Waals surface area contributed by atoms with Crippen LogP contribution < -0.4 is 5.32 Å². The van der Waals surface area contributed by atoms with Gasteiger partial charge in [-0.25, -0.2) is 0 Å². The van der Waals surface area contributed by atoms with Crippen molar-refractivity contribution in [1.29, 1.82) is 0 Å². The number of amides is 1. The number of nitrogens with one attached hydrogen (secondary N) is 1. The predicted octanol–water partition coefficient (Wildman–Crippen LogP) is 4.24. The molecule has 1 aromatic carbocycles. The molecule has 3 rings (SSSR count). The monoisotopic (exact) mass is 436 g/mol. The Morgan fingerprint density at radius 2 is 2.03 bits per heavy atom. The molecule has 0 aliphatic rings. The Morgan fingerprint density at radius 1 is 1.34 bits per heavy atom. The number of aryl methyl sites for hydroxylation is 1. The first kappa shape index (κ1) is 20.8. The molecule has 0 radical (unpaired) electrons. The van der Waals surface area contributed by atoms with Crippen LogP contribution in [0.15, 0.2) is 36.7 Å². The van der Waals surface area contributed by atoms with Gasteiger partial charge in [0.2, 0.25) is 5.91 Å². The van der Waals surface area contributed by atoms with Gasteiger partial charge >= 0.3 is 5.69 Å². The summed E-state index contributed by atoms with van der Waals surface area (Å²) in [6.07, 6.45) is 2.75. The van der Waals surface area contributed by atoms with Gasteiger partial charge in [-0.1, -0.05) is 36.2 Å². The molecule has 0 aliphatic heterocycles. The van der Waals surface area contributed by atoms with Crippen LogP contribution in [0.1, 0.15) is 30.6 Å². The third-order valence-corrected chi connectivity index (χ3v) is 5.12. The molecule has 1 atom stereocenters. The zero-order valence-electron chi connectivity index (χ0n) is 15.7. The maximum atomic E-state index is 12.7. The number of nitro groups is 1. The van der Waals surface area contributed by atoms with E-state index >= 15 is 0 Å². The van der Waals surface area contributed by atoms with Gasteiger partial charge in [-0.05, 0) is 25.5 Å². The average Bonchev–Trinajstić information content (AvgIpc) is 3.26. The molecule has 1 unspecified atom stereocenters. The van der Waals surface area contributed by atoms with Gasteiger partial charge in [0, 0.05) is 27.4 Å². The summed E-state index contributed by atoms with van der Waals surface area (Å²) in [5, 5.41) is 23.0. The van der Waals surface area contributed by atoms with E-state index in [0.29, 0.717) is 28.8 Å². The Labute approximate surface area is 176 Å². The zero-order chi connectivity index (χ0) is 21.1. The number of halogens is 2. The molecule has 2 heterocycles. The first-order valence-corrected chi connectivity index (χ1v) is 9.52. The SMILES string of the molecule is CCC(C(=O)Nc1cc(C)n(Cc2c(Cl)cccc2Cl)n1)n1cc([N+](=O)[O-])cn1. The fourth-order valence-electron chi connectivity index (χ4n) is 2.86. The van der Waals surface area contributed by atoms with E-state index in [9.17, 15) is 14.9 Å². The lowest BCUT2D eigenvalue weighted by Crippen LogP contribution is -2.26. The van der Waals surface area contributed by atoms with E-state index in [4.69, 9.17) is 23.2 Å². The highest BCUT2D eigenvalue weighted by molar-refractivity contribution is 6.35. The van der Waals surface area contributed by atoms with Gasteiger partial charge in [-0.3, -0.25) is 24.3 Å². The number of rotatable bonds is 7. The summed E-state index contributed by atoms with van der Waals surface area (Å²) >= 11 is 12.4. The van der Waals surface area contributed by atoms with Gasteiger partial charge < -0.3 is 5.32 Å². The van der Waals surface area contributed by atoms with Crippen LogP contribution in [0.4, 0.5) is 11.5 Å². The first-order chi connectivity index (χ1) is 13.8. The van der Waals surface area contributed by atoms with Crippen molar-refractivity contribution < 1.29 is 9.72 Å². The Morgan fingerprint density at radius 3 is 2.62 bits per heavy atom. The predicted molar refractivity (Wildman–Crippen MR) is 109 cm³/mol. The molecular weight excluding hydrogens is 419 g/mol. The van der Waals surface area contributed by atoms with Gasteiger partial charge in [-0.15, -0.1) is 0 Å². The van der Waals surface area contributed by atoms with E-state index in [0.717, 1.165) is 17.5 Å². The maximum Gasteiger partial charge on any atom is 0.307 e. The third kappa shape index (κ3) is 4.57. The van der Waals surface area contributed by atoms with Crippen LogP contribution in [-0.2, 0) is 11.3 Å². The molecule has 29 heavy (non-hydrogen) atoms. The Bertz CT molecular complexity index is 1040. The summed E-state index contributed by atoms with van der Waals surface area (Å²) < 4.78 is 2.96. The number of hydrogen-bond acceptors (Lipinski definition) is 5. The van der Waals surface area contributed by atoms with E-state index in [1.54, 1.807) is 35.9 Å². The molecule has 3 aromatic rings. The van der Waals surface area contributed by atoms with Crippen molar-refractivity contribution in [3.05, 3.63) is 68.1 Å². The molecule has 9 nitrogen and oxygen atoms in total. The van der Waals surface area contributed by atoms with Gasteiger partial charge in [-0.2, -0.15) is 10.2 Å². The average molecular weight is 437 g/mol. The summed E-state index contributed by atoms with van der Waals surface area (Å²) in [5.74, 6) is -0.0123. The third-order valence-electron chi connectivity index (χ3n) is 4.41. The number of hydrogen-bond donors (Lipinski definition) is 1. The minimum atomic E-state index is -0.702. The van der Waals surface area contributed by atoms with E-state index < -0.39 is 11.0 Å². The van der Waals surface area contributed by atoms with Crippen molar-refractivity contribution in [3.63, 3.8) is 0 Å². The number of anilines is 1. The second kappa shape index (κ2) is 8.62. The highest BCUT2D eigenvalue weighted by Crippen LogP contribution is 2.26. The number of aromatic nitrogens is 4. The molecule has 0 fully saturated rings. The Hall–Kier alpha value is -2.91. The van der Waals surface area contributed by atoms with Gasteiger partial charge in [0.25, 0.3) is 0 Å². The van der Waals surface area contributed by atoms with Crippen molar-refractivity contribution >= 4 is 40.6 Å². The standard InChI is InChI=1S/C18H18Cl2N6O3/c1-3-16(25-9-12(8-21-25)26(28)29)18(27)22-17-7-11(2)24(23-17)10-13-14(19)5-4-6-15(13)20/h4-9,16H,3,10H2,1-2H3,(H,22,23,27). The molecule has 0 bridgehead atoms. The van der Waals surface area contributed by atoms with Crippen LogP contribution in [0.3, 0.4) is 0 Å². The van der Waals surface area contributed by atoms with Crippen LogP contribution >= 0.6 is 23.2 Å². The normalized spacial score (nSPS) is 12.0. The fourth-order valence-corrected chi connectivity index (χ4v) is 3.38. The summed E-state index contributed by atoms with van der Waals surface area (Å²) in [6.45, 7) is 3.99. The van der Waals surface area contributed by atoms with Crippen LogP contribution in [0.2, 0.25) is 10.0 Å². The topological polar surface area (TPSA) is 108 Å². The van der Waals surface area contributed by atoms with Gasteiger partial charge in [0.15, 0.2) is 5.82 Å². The second-order valence-electron chi connectivity index (χ2n) is 6.38. The quantitative estimate of drug-likeness (QED) is 0.439. The van der Waals surface area contributed by atoms with Crippen LogP contribution in [-0.4, -0.2) is 30.4 Å². The lowest BCUT2D eigenvalue weighted by molar-refractivity contribution is -0.385. The van der Waals surface area contributed by atoms with Gasteiger partial charge in [0.1, 0.15) is 18.4 Å². The van der Waals surface area contributed by atoms with E-state index in [1.807, 2.05) is 6.92 Å².